The molecule has 0 saturated heterocycles. The lowest BCUT2D eigenvalue weighted by atomic mass is 9.87. The van der Waals surface area contributed by atoms with Gasteiger partial charge in [0.1, 0.15) is 23.5 Å². The second-order valence-corrected chi connectivity index (χ2v) is 7.45. The molecule has 0 aliphatic carbocycles. The third-order valence-electron chi connectivity index (χ3n) is 4.74. The number of aliphatic hydroxyl groups is 1. The Labute approximate surface area is 161 Å². The highest BCUT2D eigenvalue weighted by Gasteiger charge is 2.44. The van der Waals surface area contributed by atoms with Crippen molar-refractivity contribution >= 4 is 11.6 Å². The Morgan fingerprint density at radius 1 is 1.15 bits per heavy atom. The lowest BCUT2D eigenvalue weighted by Crippen LogP contribution is -2.52. The molecule has 1 N–H and O–H groups in total. The molecule has 0 fully saturated rings. The SMILES string of the molecule is CC1(C)Oc2ccncc2C(n2nc(-c3ccc(Cl)cc3)ccc2=O)C1O. The van der Waals surface area contributed by atoms with E-state index < -0.39 is 17.7 Å². The molecule has 6 nitrogen and oxygen atoms in total. The predicted molar refractivity (Wildman–Crippen MR) is 102 cm³/mol. The largest absolute Gasteiger partial charge is 0.485 e. The van der Waals surface area contributed by atoms with Gasteiger partial charge in [-0.3, -0.25) is 9.78 Å². The standard InChI is InChI=1S/C20H18ClN3O3/c1-20(2)19(26)18(14-11-22-10-9-16(14)27-20)24-17(25)8-7-15(23-24)12-3-5-13(21)6-4-12/h3-11,18-19,26H,1-2H3. The number of halogens is 1. The molecule has 7 heteroatoms. The first-order valence-corrected chi connectivity index (χ1v) is 8.91. The van der Waals surface area contributed by atoms with Crippen LogP contribution in [0, 0.1) is 0 Å². The van der Waals surface area contributed by atoms with E-state index >= 15 is 0 Å². The Bertz CT molecular complexity index is 1050. The van der Waals surface area contributed by atoms with Gasteiger partial charge in [0.05, 0.1) is 5.69 Å². The van der Waals surface area contributed by atoms with Crippen LogP contribution in [0.2, 0.25) is 5.02 Å². The number of nitrogens with zero attached hydrogens (tertiary/aromatic N) is 3. The van der Waals surface area contributed by atoms with E-state index in [4.69, 9.17) is 16.3 Å². The van der Waals surface area contributed by atoms with Crippen LogP contribution in [0.1, 0.15) is 25.5 Å². The topological polar surface area (TPSA) is 77.2 Å². The monoisotopic (exact) mass is 383 g/mol. The number of aliphatic hydroxyl groups excluding tert-OH is 1. The van der Waals surface area contributed by atoms with Crippen molar-refractivity contribution in [3.8, 4) is 17.0 Å². The summed E-state index contributed by atoms with van der Waals surface area (Å²) in [5, 5.41) is 16.1. The van der Waals surface area contributed by atoms with E-state index in [9.17, 15) is 9.90 Å². The van der Waals surface area contributed by atoms with Crippen LogP contribution in [0.25, 0.3) is 11.3 Å². The van der Waals surface area contributed by atoms with Gasteiger partial charge in [-0.2, -0.15) is 5.10 Å². The van der Waals surface area contributed by atoms with Crippen molar-refractivity contribution in [3.05, 3.63) is 75.8 Å². The molecule has 0 saturated carbocycles. The van der Waals surface area contributed by atoms with Crippen LogP contribution in [0.5, 0.6) is 5.75 Å². The highest BCUT2D eigenvalue weighted by atomic mass is 35.5. The molecular formula is C20H18ClN3O3. The normalized spacial score (nSPS) is 20.6. The maximum absolute atomic E-state index is 12.6. The molecule has 27 heavy (non-hydrogen) atoms. The van der Waals surface area contributed by atoms with Crippen LogP contribution in [-0.4, -0.2) is 31.6 Å². The van der Waals surface area contributed by atoms with E-state index in [1.807, 2.05) is 12.1 Å². The predicted octanol–water partition coefficient (Wildman–Crippen LogP) is 3.08. The Balaban J connectivity index is 1.88. The van der Waals surface area contributed by atoms with Crippen LogP contribution in [-0.2, 0) is 0 Å². The van der Waals surface area contributed by atoms with Crippen molar-refractivity contribution in [3.63, 3.8) is 0 Å². The second-order valence-electron chi connectivity index (χ2n) is 7.02. The van der Waals surface area contributed by atoms with Crippen LogP contribution in [0.15, 0.2) is 59.7 Å². The molecule has 0 radical (unpaired) electrons. The molecule has 1 aromatic carbocycles. The lowest BCUT2D eigenvalue weighted by Gasteiger charge is -2.41. The molecule has 1 aliphatic rings. The number of pyridine rings is 1. The average Bonchev–Trinajstić information content (AvgIpc) is 2.64. The molecule has 2 unspecified atom stereocenters. The Morgan fingerprint density at radius 3 is 2.63 bits per heavy atom. The Hall–Kier alpha value is -2.70. The summed E-state index contributed by atoms with van der Waals surface area (Å²) in [7, 11) is 0. The third-order valence-corrected chi connectivity index (χ3v) is 4.99. The fourth-order valence-corrected chi connectivity index (χ4v) is 3.39. The Kier molecular flexibility index (Phi) is 4.25. The molecule has 0 amide bonds. The van der Waals surface area contributed by atoms with E-state index in [2.05, 4.69) is 10.1 Å². The van der Waals surface area contributed by atoms with Gasteiger partial charge in [-0.1, -0.05) is 23.7 Å². The fraction of sp³-hybridized carbons (Fsp3) is 0.250. The van der Waals surface area contributed by atoms with E-state index in [1.165, 1.54) is 10.7 Å². The molecule has 2 atom stereocenters. The van der Waals surface area contributed by atoms with Gasteiger partial charge in [0.25, 0.3) is 5.56 Å². The number of ether oxygens (including phenoxy) is 1. The van der Waals surface area contributed by atoms with Crippen molar-refractivity contribution in [2.45, 2.75) is 31.6 Å². The van der Waals surface area contributed by atoms with Crippen molar-refractivity contribution in [1.82, 2.24) is 14.8 Å². The highest BCUT2D eigenvalue weighted by molar-refractivity contribution is 6.30. The van der Waals surface area contributed by atoms with E-state index in [0.29, 0.717) is 22.0 Å². The molecule has 3 aromatic rings. The van der Waals surface area contributed by atoms with Gasteiger partial charge in [0.2, 0.25) is 0 Å². The highest BCUT2D eigenvalue weighted by Crippen LogP contribution is 2.40. The number of fused-ring (bicyclic) bond motifs is 1. The molecule has 1 aliphatic heterocycles. The summed E-state index contributed by atoms with van der Waals surface area (Å²) in [5.74, 6) is 0.580. The number of rotatable bonds is 2. The van der Waals surface area contributed by atoms with Crippen molar-refractivity contribution in [2.75, 3.05) is 0 Å². The van der Waals surface area contributed by atoms with Gasteiger partial charge >= 0.3 is 0 Å². The molecule has 2 aromatic heterocycles. The smallest absolute Gasteiger partial charge is 0.267 e. The molecule has 138 valence electrons. The number of aromatic nitrogens is 3. The fourth-order valence-electron chi connectivity index (χ4n) is 3.27. The van der Waals surface area contributed by atoms with E-state index in [0.717, 1.165) is 5.56 Å². The summed E-state index contributed by atoms with van der Waals surface area (Å²) in [4.78, 5) is 16.8. The lowest BCUT2D eigenvalue weighted by molar-refractivity contribution is -0.0668. The zero-order valence-electron chi connectivity index (χ0n) is 14.8. The minimum absolute atomic E-state index is 0.315. The van der Waals surface area contributed by atoms with Crippen molar-refractivity contribution in [2.24, 2.45) is 0 Å². The van der Waals surface area contributed by atoms with Gasteiger partial charge in [0, 0.05) is 34.6 Å². The van der Waals surface area contributed by atoms with Crippen LogP contribution < -0.4 is 10.3 Å². The molecule has 3 heterocycles. The molecule has 4 rings (SSSR count). The van der Waals surface area contributed by atoms with Crippen LogP contribution >= 0.6 is 11.6 Å². The number of benzene rings is 1. The first-order valence-electron chi connectivity index (χ1n) is 8.53. The zero-order chi connectivity index (χ0) is 19.2. The summed E-state index contributed by atoms with van der Waals surface area (Å²) >= 11 is 5.95. The van der Waals surface area contributed by atoms with Crippen LogP contribution in [0.3, 0.4) is 0 Å². The van der Waals surface area contributed by atoms with E-state index in [-0.39, 0.29) is 5.56 Å². The van der Waals surface area contributed by atoms with Gasteiger partial charge in [-0.15, -0.1) is 0 Å². The van der Waals surface area contributed by atoms with Gasteiger partial charge < -0.3 is 9.84 Å². The zero-order valence-corrected chi connectivity index (χ0v) is 15.6. The summed E-state index contributed by atoms with van der Waals surface area (Å²) in [6.07, 6.45) is 2.23. The molecule has 0 spiro atoms. The maximum Gasteiger partial charge on any atom is 0.267 e. The number of hydrogen-bond acceptors (Lipinski definition) is 5. The first kappa shape index (κ1) is 17.7. The summed E-state index contributed by atoms with van der Waals surface area (Å²) in [6, 6.07) is 11.3. The maximum atomic E-state index is 12.6. The van der Waals surface area contributed by atoms with Gasteiger partial charge in [-0.05, 0) is 38.1 Å². The molecule has 0 bridgehead atoms. The summed E-state index contributed by atoms with van der Waals surface area (Å²) in [6.45, 7) is 3.56. The van der Waals surface area contributed by atoms with Crippen LogP contribution in [0.4, 0.5) is 0 Å². The van der Waals surface area contributed by atoms with Gasteiger partial charge in [0.15, 0.2) is 0 Å². The molecular weight excluding hydrogens is 366 g/mol. The quantitative estimate of drug-likeness (QED) is 0.735. The summed E-state index contributed by atoms with van der Waals surface area (Å²) in [5.41, 5.74) is 0.834. The van der Waals surface area contributed by atoms with Crippen molar-refractivity contribution in [1.29, 1.82) is 0 Å². The number of hydrogen-bond donors (Lipinski definition) is 1. The van der Waals surface area contributed by atoms with E-state index in [1.54, 1.807) is 50.5 Å². The van der Waals surface area contributed by atoms with Gasteiger partial charge in [-0.25, -0.2) is 4.68 Å². The summed E-state index contributed by atoms with van der Waals surface area (Å²) < 4.78 is 7.21. The average molecular weight is 384 g/mol. The minimum Gasteiger partial charge on any atom is -0.485 e. The second kappa shape index (κ2) is 6.48. The third kappa shape index (κ3) is 3.11. The Morgan fingerprint density at radius 2 is 1.89 bits per heavy atom. The van der Waals surface area contributed by atoms with Crippen molar-refractivity contribution < 1.29 is 9.84 Å². The first-order chi connectivity index (χ1) is 12.9. The minimum atomic E-state index is -0.986.